The highest BCUT2D eigenvalue weighted by molar-refractivity contribution is 8.18. The Morgan fingerprint density at radius 3 is 2.21 bits per heavy atom. The Balaban J connectivity index is 1.79. The zero-order chi connectivity index (χ0) is 16.5. The highest BCUT2D eigenvalue weighted by atomic mass is 32.2. The Bertz CT molecular complexity index is 671. The van der Waals surface area contributed by atoms with Crippen molar-refractivity contribution in [2.75, 3.05) is 18.6 Å². The average molecular weight is 359 g/mol. The standard InChI is InChI=1S/C20H22O2S2/c1-21-20(17-11-6-3-7-12-17)19(23-13-8-14-24-19)15-18(22-20)16-9-4-2-5-10-16/h2-7,9-12,18H,8,13-15H2,1H3/t18-,20-/m0/s1. The van der Waals surface area contributed by atoms with E-state index in [0.29, 0.717) is 0 Å². The van der Waals surface area contributed by atoms with Crippen molar-refractivity contribution in [3.8, 4) is 0 Å². The van der Waals surface area contributed by atoms with Crippen LogP contribution in [0.4, 0.5) is 0 Å². The summed E-state index contributed by atoms with van der Waals surface area (Å²) in [6.45, 7) is 0. The lowest BCUT2D eigenvalue weighted by molar-refractivity contribution is -0.223. The maximum absolute atomic E-state index is 6.70. The van der Waals surface area contributed by atoms with Crippen molar-refractivity contribution in [2.24, 2.45) is 0 Å². The molecule has 2 nitrogen and oxygen atoms in total. The van der Waals surface area contributed by atoms with Gasteiger partial charge in [-0.1, -0.05) is 60.7 Å². The van der Waals surface area contributed by atoms with Gasteiger partial charge in [0.15, 0.2) is 0 Å². The molecule has 0 unspecified atom stereocenters. The molecule has 2 aromatic carbocycles. The molecule has 4 heteroatoms. The quantitative estimate of drug-likeness (QED) is 0.749. The summed E-state index contributed by atoms with van der Waals surface area (Å²) in [7, 11) is 1.79. The summed E-state index contributed by atoms with van der Waals surface area (Å²) >= 11 is 4.02. The van der Waals surface area contributed by atoms with Crippen molar-refractivity contribution in [2.45, 2.75) is 28.8 Å². The number of rotatable bonds is 3. The monoisotopic (exact) mass is 358 g/mol. The van der Waals surface area contributed by atoms with E-state index in [1.165, 1.54) is 12.0 Å². The summed E-state index contributed by atoms with van der Waals surface area (Å²) in [5, 5.41) is 0. The molecule has 2 heterocycles. The second-order valence-electron chi connectivity index (χ2n) is 6.21. The maximum Gasteiger partial charge on any atom is 0.220 e. The van der Waals surface area contributed by atoms with E-state index in [1.807, 2.05) is 29.6 Å². The van der Waals surface area contributed by atoms with Crippen LogP contribution in [0.25, 0.3) is 0 Å². The van der Waals surface area contributed by atoms with Crippen LogP contribution in [-0.2, 0) is 15.3 Å². The number of hydrogen-bond acceptors (Lipinski definition) is 4. The van der Waals surface area contributed by atoms with Crippen LogP contribution in [0, 0.1) is 0 Å². The van der Waals surface area contributed by atoms with Gasteiger partial charge in [0.25, 0.3) is 0 Å². The molecule has 2 aromatic rings. The van der Waals surface area contributed by atoms with Gasteiger partial charge in [0.05, 0.1) is 6.10 Å². The van der Waals surface area contributed by atoms with E-state index in [-0.39, 0.29) is 10.2 Å². The topological polar surface area (TPSA) is 18.5 Å². The first-order valence-electron chi connectivity index (χ1n) is 8.41. The second-order valence-corrected chi connectivity index (χ2v) is 9.26. The Morgan fingerprint density at radius 1 is 0.958 bits per heavy atom. The van der Waals surface area contributed by atoms with Crippen molar-refractivity contribution in [1.29, 1.82) is 0 Å². The molecule has 4 rings (SSSR count). The average Bonchev–Trinajstić information content (AvgIpc) is 2.98. The summed E-state index contributed by atoms with van der Waals surface area (Å²) in [6, 6.07) is 21.0. The predicted molar refractivity (Wildman–Crippen MR) is 102 cm³/mol. The molecule has 2 fully saturated rings. The van der Waals surface area contributed by atoms with Crippen LogP contribution < -0.4 is 0 Å². The summed E-state index contributed by atoms with van der Waals surface area (Å²) in [5.74, 6) is 1.62. The third-order valence-corrected chi connectivity index (χ3v) is 8.33. The number of benzene rings is 2. The van der Waals surface area contributed by atoms with Gasteiger partial charge in [-0.05, 0) is 23.5 Å². The minimum atomic E-state index is -0.704. The van der Waals surface area contributed by atoms with Gasteiger partial charge in [-0.15, -0.1) is 23.5 Å². The normalized spacial score (nSPS) is 29.0. The van der Waals surface area contributed by atoms with Crippen LogP contribution in [0.3, 0.4) is 0 Å². The van der Waals surface area contributed by atoms with E-state index in [0.717, 1.165) is 23.5 Å². The molecule has 2 atom stereocenters. The van der Waals surface area contributed by atoms with E-state index in [4.69, 9.17) is 9.47 Å². The molecular weight excluding hydrogens is 336 g/mol. The number of ether oxygens (including phenoxy) is 2. The summed E-state index contributed by atoms with van der Waals surface area (Å²) in [4.78, 5) is 0. The van der Waals surface area contributed by atoms with Crippen LogP contribution in [0.15, 0.2) is 60.7 Å². The van der Waals surface area contributed by atoms with E-state index >= 15 is 0 Å². The molecule has 24 heavy (non-hydrogen) atoms. The van der Waals surface area contributed by atoms with Crippen molar-refractivity contribution in [3.63, 3.8) is 0 Å². The molecule has 0 bridgehead atoms. The van der Waals surface area contributed by atoms with Gasteiger partial charge in [-0.2, -0.15) is 0 Å². The molecule has 0 radical (unpaired) electrons. The lowest BCUT2D eigenvalue weighted by Gasteiger charge is -2.44. The molecule has 0 amide bonds. The van der Waals surface area contributed by atoms with E-state index < -0.39 is 5.79 Å². The third-order valence-electron chi connectivity index (χ3n) is 4.84. The number of methoxy groups -OCH3 is 1. The fourth-order valence-corrected chi connectivity index (χ4v) is 7.38. The van der Waals surface area contributed by atoms with Crippen LogP contribution in [0.1, 0.15) is 30.1 Å². The fraction of sp³-hybridized carbons (Fsp3) is 0.400. The van der Waals surface area contributed by atoms with Crippen LogP contribution in [0.2, 0.25) is 0 Å². The van der Waals surface area contributed by atoms with Crippen LogP contribution in [0.5, 0.6) is 0 Å². The molecule has 2 aliphatic rings. The zero-order valence-corrected chi connectivity index (χ0v) is 15.4. The van der Waals surface area contributed by atoms with Gasteiger partial charge in [0.1, 0.15) is 4.08 Å². The molecular formula is C20H22O2S2. The summed E-state index contributed by atoms with van der Waals surface area (Å²) in [6.07, 6.45) is 2.28. The van der Waals surface area contributed by atoms with Gasteiger partial charge < -0.3 is 9.47 Å². The second kappa shape index (κ2) is 6.75. The first-order valence-corrected chi connectivity index (χ1v) is 10.4. The van der Waals surface area contributed by atoms with Gasteiger partial charge in [0.2, 0.25) is 5.79 Å². The maximum atomic E-state index is 6.70. The molecule has 0 aliphatic carbocycles. The predicted octanol–water partition coefficient (Wildman–Crippen LogP) is 5.21. The zero-order valence-electron chi connectivity index (χ0n) is 13.8. The third kappa shape index (κ3) is 2.60. The molecule has 1 spiro atoms. The van der Waals surface area contributed by atoms with Crippen molar-refractivity contribution < 1.29 is 9.47 Å². The molecule has 0 N–H and O–H groups in total. The fourth-order valence-electron chi connectivity index (χ4n) is 3.71. The number of thioether (sulfide) groups is 2. The minimum absolute atomic E-state index is 0.0597. The highest BCUT2D eigenvalue weighted by Gasteiger charge is 2.63. The Morgan fingerprint density at radius 2 is 1.58 bits per heavy atom. The molecule has 126 valence electrons. The molecule has 0 aromatic heterocycles. The van der Waals surface area contributed by atoms with Gasteiger partial charge in [0, 0.05) is 19.1 Å². The molecule has 2 aliphatic heterocycles. The van der Waals surface area contributed by atoms with Gasteiger partial charge in [-0.25, -0.2) is 0 Å². The molecule has 0 saturated carbocycles. The first kappa shape index (κ1) is 16.5. The summed E-state index contributed by atoms with van der Waals surface area (Å²) in [5.41, 5.74) is 2.35. The van der Waals surface area contributed by atoms with E-state index in [9.17, 15) is 0 Å². The van der Waals surface area contributed by atoms with Gasteiger partial charge >= 0.3 is 0 Å². The van der Waals surface area contributed by atoms with Crippen LogP contribution >= 0.6 is 23.5 Å². The summed E-state index contributed by atoms with van der Waals surface area (Å²) < 4.78 is 12.8. The lowest BCUT2D eigenvalue weighted by Crippen LogP contribution is -2.46. The Hall–Kier alpha value is -0.940. The lowest BCUT2D eigenvalue weighted by atomic mass is 9.99. The largest absolute Gasteiger partial charge is 0.347 e. The highest BCUT2D eigenvalue weighted by Crippen LogP contribution is 2.65. The first-order chi connectivity index (χ1) is 11.8. The van der Waals surface area contributed by atoms with Crippen molar-refractivity contribution >= 4 is 23.5 Å². The van der Waals surface area contributed by atoms with Gasteiger partial charge in [-0.3, -0.25) is 0 Å². The van der Waals surface area contributed by atoms with Crippen molar-refractivity contribution in [1.82, 2.24) is 0 Å². The molecule has 2 saturated heterocycles. The van der Waals surface area contributed by atoms with Crippen LogP contribution in [-0.4, -0.2) is 22.7 Å². The number of hydrogen-bond donors (Lipinski definition) is 0. The minimum Gasteiger partial charge on any atom is -0.347 e. The SMILES string of the molecule is CO[C@@]1(c2ccccc2)O[C@H](c2ccccc2)CC12SCCCS2. The smallest absolute Gasteiger partial charge is 0.220 e. The Labute approximate surface area is 152 Å². The van der Waals surface area contributed by atoms with E-state index in [2.05, 4.69) is 54.6 Å². The van der Waals surface area contributed by atoms with Crippen molar-refractivity contribution in [3.05, 3.63) is 71.8 Å². The Kier molecular flexibility index (Phi) is 4.65. The van der Waals surface area contributed by atoms with E-state index in [1.54, 1.807) is 7.11 Å².